The van der Waals surface area contributed by atoms with E-state index in [1.807, 2.05) is 18.2 Å². The second-order valence-electron chi connectivity index (χ2n) is 4.39. The van der Waals surface area contributed by atoms with Crippen molar-refractivity contribution in [2.24, 2.45) is 0 Å². The fourth-order valence-corrected chi connectivity index (χ4v) is 2.05. The van der Waals surface area contributed by atoms with Crippen molar-refractivity contribution in [3.8, 4) is 0 Å². The predicted molar refractivity (Wildman–Crippen MR) is 70.8 cm³/mol. The van der Waals surface area contributed by atoms with Gasteiger partial charge in [-0.2, -0.15) is 0 Å². The minimum atomic E-state index is -0.294. The number of rotatable bonds is 3. The number of methoxy groups -OCH3 is 1. The van der Waals surface area contributed by atoms with Crippen molar-refractivity contribution < 1.29 is 9.53 Å². The summed E-state index contributed by atoms with van der Waals surface area (Å²) in [5.74, 6) is -0.294. The van der Waals surface area contributed by atoms with Gasteiger partial charge in [0, 0.05) is 17.9 Å². The number of nitrogens with zero attached hydrogens (tertiary/aromatic N) is 1. The van der Waals surface area contributed by atoms with Gasteiger partial charge >= 0.3 is 5.97 Å². The van der Waals surface area contributed by atoms with E-state index in [0.29, 0.717) is 5.56 Å². The first kappa shape index (κ1) is 12.4. The molecule has 2 rings (SSSR count). The minimum absolute atomic E-state index is 0.294. The van der Waals surface area contributed by atoms with Gasteiger partial charge < -0.3 is 9.30 Å². The molecule has 0 N–H and O–H groups in total. The Morgan fingerprint density at radius 3 is 2.44 bits per heavy atom. The quantitative estimate of drug-likeness (QED) is 0.776. The molecule has 0 radical (unpaired) electrons. The van der Waals surface area contributed by atoms with Crippen molar-refractivity contribution in [1.82, 2.24) is 4.57 Å². The molecular weight excluding hydrogens is 226 g/mol. The molecule has 0 aliphatic heterocycles. The second kappa shape index (κ2) is 5.08. The summed E-state index contributed by atoms with van der Waals surface area (Å²) < 4.78 is 6.95. The van der Waals surface area contributed by atoms with Crippen LogP contribution in [-0.4, -0.2) is 17.6 Å². The summed E-state index contributed by atoms with van der Waals surface area (Å²) in [6.45, 7) is 4.93. The zero-order valence-electron chi connectivity index (χ0n) is 10.9. The normalized spacial score (nSPS) is 10.4. The standard InChI is InChI=1S/C15H17NO2/c1-11-7-8-12(2)16(11)10-13-5-4-6-14(9-13)15(17)18-3/h4-9H,10H2,1-3H3. The van der Waals surface area contributed by atoms with Crippen LogP contribution in [-0.2, 0) is 11.3 Å². The summed E-state index contributed by atoms with van der Waals surface area (Å²) in [6, 6.07) is 11.7. The van der Waals surface area contributed by atoms with Crippen LogP contribution in [0.3, 0.4) is 0 Å². The van der Waals surface area contributed by atoms with Crippen molar-refractivity contribution in [2.45, 2.75) is 20.4 Å². The maximum Gasteiger partial charge on any atom is 0.337 e. The molecule has 0 unspecified atom stereocenters. The van der Waals surface area contributed by atoms with E-state index < -0.39 is 0 Å². The molecule has 1 aromatic carbocycles. The lowest BCUT2D eigenvalue weighted by Crippen LogP contribution is -2.06. The summed E-state index contributed by atoms with van der Waals surface area (Å²) in [5, 5.41) is 0. The molecule has 0 aliphatic rings. The number of aromatic nitrogens is 1. The number of esters is 1. The van der Waals surface area contributed by atoms with Crippen LogP contribution in [0.2, 0.25) is 0 Å². The first-order chi connectivity index (χ1) is 8.61. The molecule has 1 aromatic heterocycles. The van der Waals surface area contributed by atoms with Crippen LogP contribution in [0.1, 0.15) is 27.3 Å². The monoisotopic (exact) mass is 243 g/mol. The van der Waals surface area contributed by atoms with Gasteiger partial charge in [0.1, 0.15) is 0 Å². The molecule has 0 spiro atoms. The molecule has 3 nitrogen and oxygen atoms in total. The summed E-state index contributed by atoms with van der Waals surface area (Å²) in [5.41, 5.74) is 4.13. The Balaban J connectivity index is 2.27. The van der Waals surface area contributed by atoms with Crippen LogP contribution in [0.5, 0.6) is 0 Å². The van der Waals surface area contributed by atoms with Crippen LogP contribution in [0.4, 0.5) is 0 Å². The third-order valence-electron chi connectivity index (χ3n) is 3.11. The molecule has 3 heteroatoms. The molecule has 0 saturated carbocycles. The summed E-state index contributed by atoms with van der Waals surface area (Å²) in [7, 11) is 1.40. The minimum Gasteiger partial charge on any atom is -0.465 e. The lowest BCUT2D eigenvalue weighted by Gasteiger charge is -2.10. The van der Waals surface area contributed by atoms with Gasteiger partial charge in [-0.25, -0.2) is 4.79 Å². The van der Waals surface area contributed by atoms with Crippen LogP contribution >= 0.6 is 0 Å². The van der Waals surface area contributed by atoms with Gasteiger partial charge in [0.25, 0.3) is 0 Å². The summed E-state index contributed by atoms with van der Waals surface area (Å²) >= 11 is 0. The number of aryl methyl sites for hydroxylation is 2. The highest BCUT2D eigenvalue weighted by atomic mass is 16.5. The smallest absolute Gasteiger partial charge is 0.337 e. The number of hydrogen-bond acceptors (Lipinski definition) is 2. The number of carbonyl (C=O) groups is 1. The van der Waals surface area contributed by atoms with E-state index in [1.54, 1.807) is 6.07 Å². The highest BCUT2D eigenvalue weighted by Gasteiger charge is 2.07. The fourth-order valence-electron chi connectivity index (χ4n) is 2.05. The van der Waals surface area contributed by atoms with E-state index in [4.69, 9.17) is 4.74 Å². The van der Waals surface area contributed by atoms with Gasteiger partial charge in [0.2, 0.25) is 0 Å². The van der Waals surface area contributed by atoms with Crippen molar-refractivity contribution in [2.75, 3.05) is 7.11 Å². The van der Waals surface area contributed by atoms with E-state index in [0.717, 1.165) is 12.1 Å². The highest BCUT2D eigenvalue weighted by molar-refractivity contribution is 5.89. The first-order valence-corrected chi connectivity index (χ1v) is 5.92. The fraction of sp³-hybridized carbons (Fsp3) is 0.267. The Labute approximate surface area is 107 Å². The van der Waals surface area contributed by atoms with Gasteiger partial charge in [-0.05, 0) is 43.7 Å². The molecule has 0 amide bonds. The molecule has 2 aromatic rings. The van der Waals surface area contributed by atoms with E-state index in [1.165, 1.54) is 18.5 Å². The van der Waals surface area contributed by atoms with Gasteiger partial charge in [-0.3, -0.25) is 0 Å². The van der Waals surface area contributed by atoms with Gasteiger partial charge in [0.05, 0.1) is 12.7 Å². The number of hydrogen-bond donors (Lipinski definition) is 0. The topological polar surface area (TPSA) is 31.2 Å². The van der Waals surface area contributed by atoms with Crippen LogP contribution in [0.15, 0.2) is 36.4 Å². The SMILES string of the molecule is COC(=O)c1cccc(Cn2c(C)ccc2C)c1. The molecule has 0 aliphatic carbocycles. The van der Waals surface area contributed by atoms with Crippen LogP contribution < -0.4 is 0 Å². The Morgan fingerprint density at radius 1 is 1.17 bits per heavy atom. The van der Waals surface area contributed by atoms with E-state index >= 15 is 0 Å². The van der Waals surface area contributed by atoms with Gasteiger partial charge in [-0.1, -0.05) is 12.1 Å². The third kappa shape index (κ3) is 2.45. The van der Waals surface area contributed by atoms with Gasteiger partial charge in [0.15, 0.2) is 0 Å². The van der Waals surface area contributed by atoms with Crippen molar-refractivity contribution in [3.63, 3.8) is 0 Å². The second-order valence-corrected chi connectivity index (χ2v) is 4.39. The lowest BCUT2D eigenvalue weighted by atomic mass is 10.1. The zero-order valence-corrected chi connectivity index (χ0v) is 10.9. The number of benzene rings is 1. The average molecular weight is 243 g/mol. The molecule has 0 saturated heterocycles. The van der Waals surface area contributed by atoms with Crippen molar-refractivity contribution >= 4 is 5.97 Å². The van der Waals surface area contributed by atoms with Crippen molar-refractivity contribution in [3.05, 3.63) is 58.9 Å². The Morgan fingerprint density at radius 2 is 1.83 bits per heavy atom. The molecule has 0 bridgehead atoms. The van der Waals surface area contributed by atoms with Crippen molar-refractivity contribution in [1.29, 1.82) is 0 Å². The molecular formula is C15H17NO2. The summed E-state index contributed by atoms with van der Waals surface area (Å²) in [4.78, 5) is 11.5. The highest BCUT2D eigenvalue weighted by Crippen LogP contribution is 2.13. The Hall–Kier alpha value is -2.03. The van der Waals surface area contributed by atoms with Crippen LogP contribution in [0.25, 0.3) is 0 Å². The van der Waals surface area contributed by atoms with E-state index in [-0.39, 0.29) is 5.97 Å². The Kier molecular flexibility index (Phi) is 3.51. The lowest BCUT2D eigenvalue weighted by molar-refractivity contribution is 0.0600. The molecule has 18 heavy (non-hydrogen) atoms. The number of carbonyl (C=O) groups excluding carboxylic acids is 1. The Bertz CT molecular complexity index is 550. The summed E-state index contributed by atoms with van der Waals surface area (Å²) in [6.07, 6.45) is 0. The number of ether oxygens (including phenoxy) is 1. The molecule has 1 heterocycles. The molecule has 0 fully saturated rings. The van der Waals surface area contributed by atoms with E-state index in [2.05, 4.69) is 30.5 Å². The van der Waals surface area contributed by atoms with Gasteiger partial charge in [-0.15, -0.1) is 0 Å². The first-order valence-electron chi connectivity index (χ1n) is 5.92. The zero-order chi connectivity index (χ0) is 13.1. The largest absolute Gasteiger partial charge is 0.465 e. The molecule has 94 valence electrons. The third-order valence-corrected chi connectivity index (χ3v) is 3.11. The van der Waals surface area contributed by atoms with Crippen LogP contribution in [0, 0.1) is 13.8 Å². The maximum atomic E-state index is 11.5. The predicted octanol–water partition coefficient (Wildman–Crippen LogP) is 2.94. The maximum absolute atomic E-state index is 11.5. The average Bonchev–Trinajstić information content (AvgIpc) is 2.70. The van der Waals surface area contributed by atoms with E-state index in [9.17, 15) is 4.79 Å². The molecule has 0 atom stereocenters.